The molecule has 1 aromatic heterocycles. The van der Waals surface area contributed by atoms with E-state index in [9.17, 15) is 19.2 Å². The van der Waals surface area contributed by atoms with Crippen LogP contribution in [0.15, 0.2) is 59.4 Å². The van der Waals surface area contributed by atoms with Crippen LogP contribution in [0.5, 0.6) is 5.75 Å². The Morgan fingerprint density at radius 2 is 1.75 bits per heavy atom. The average molecular weight is 437 g/mol. The highest BCUT2D eigenvalue weighted by Crippen LogP contribution is 2.16. The number of ether oxygens (including phenoxy) is 2. The summed E-state index contributed by atoms with van der Waals surface area (Å²) in [5, 5.41) is 2.55. The number of esters is 1. The van der Waals surface area contributed by atoms with E-state index in [0.29, 0.717) is 23.2 Å². The molecule has 0 saturated carbocycles. The molecule has 0 saturated heterocycles. The van der Waals surface area contributed by atoms with Crippen molar-refractivity contribution in [1.82, 2.24) is 9.36 Å². The number of rotatable bonds is 8. The lowest BCUT2D eigenvalue weighted by Gasteiger charge is -2.14. The van der Waals surface area contributed by atoms with Gasteiger partial charge in [-0.25, -0.2) is 9.48 Å². The Morgan fingerprint density at radius 3 is 2.44 bits per heavy atom. The molecule has 166 valence electrons. The highest BCUT2D eigenvalue weighted by molar-refractivity contribution is 5.95. The maximum absolute atomic E-state index is 12.9. The largest absolute Gasteiger partial charge is 0.481 e. The molecule has 0 fully saturated rings. The van der Waals surface area contributed by atoms with Gasteiger partial charge in [-0.1, -0.05) is 30.3 Å². The van der Waals surface area contributed by atoms with Gasteiger partial charge in [0.2, 0.25) is 0 Å². The SMILES string of the molecule is Cc1c(NC(=O)C(C)OC(=O)COc2ccccc2C=O)c(=O)n(-c2ccccc2)n1C. The molecule has 9 nitrogen and oxygen atoms in total. The number of amides is 1. The number of nitrogens with zero attached hydrogens (tertiary/aromatic N) is 2. The molecule has 3 rings (SSSR count). The van der Waals surface area contributed by atoms with Crippen LogP contribution in [-0.4, -0.2) is 40.2 Å². The Morgan fingerprint density at radius 1 is 1.09 bits per heavy atom. The van der Waals surface area contributed by atoms with Gasteiger partial charge in [-0.2, -0.15) is 0 Å². The van der Waals surface area contributed by atoms with E-state index >= 15 is 0 Å². The molecule has 1 N–H and O–H groups in total. The van der Waals surface area contributed by atoms with Crippen LogP contribution in [0.3, 0.4) is 0 Å². The summed E-state index contributed by atoms with van der Waals surface area (Å²) >= 11 is 0. The number of carbonyl (C=O) groups excluding carboxylic acids is 3. The summed E-state index contributed by atoms with van der Waals surface area (Å²) in [5.41, 5.74) is 1.17. The van der Waals surface area contributed by atoms with E-state index in [2.05, 4.69) is 5.32 Å². The molecule has 1 atom stereocenters. The zero-order valence-electron chi connectivity index (χ0n) is 17.9. The van der Waals surface area contributed by atoms with E-state index in [4.69, 9.17) is 9.47 Å². The van der Waals surface area contributed by atoms with Gasteiger partial charge in [0.05, 0.1) is 16.9 Å². The van der Waals surface area contributed by atoms with E-state index in [1.807, 2.05) is 6.07 Å². The number of benzene rings is 2. The quantitative estimate of drug-likeness (QED) is 0.428. The van der Waals surface area contributed by atoms with Crippen LogP contribution in [0, 0.1) is 6.92 Å². The van der Waals surface area contributed by atoms with E-state index in [1.165, 1.54) is 11.6 Å². The Kier molecular flexibility index (Phi) is 6.89. The van der Waals surface area contributed by atoms with Crippen molar-refractivity contribution in [3.63, 3.8) is 0 Å². The highest BCUT2D eigenvalue weighted by atomic mass is 16.6. The minimum atomic E-state index is -1.17. The van der Waals surface area contributed by atoms with Crippen molar-refractivity contribution in [3.05, 3.63) is 76.2 Å². The van der Waals surface area contributed by atoms with Crippen LogP contribution in [-0.2, 0) is 21.4 Å². The van der Waals surface area contributed by atoms with E-state index in [-0.39, 0.29) is 11.4 Å². The lowest BCUT2D eigenvalue weighted by Crippen LogP contribution is -2.33. The summed E-state index contributed by atoms with van der Waals surface area (Å²) in [6, 6.07) is 15.4. The van der Waals surface area contributed by atoms with Crippen LogP contribution in [0.25, 0.3) is 5.69 Å². The van der Waals surface area contributed by atoms with Crippen molar-refractivity contribution in [2.75, 3.05) is 11.9 Å². The van der Waals surface area contributed by atoms with Crippen LogP contribution in [0.4, 0.5) is 5.69 Å². The lowest BCUT2D eigenvalue weighted by atomic mass is 10.2. The molecule has 1 unspecified atom stereocenters. The monoisotopic (exact) mass is 437 g/mol. The lowest BCUT2D eigenvalue weighted by molar-refractivity contribution is -0.155. The molecule has 0 aliphatic heterocycles. The normalized spacial score (nSPS) is 11.5. The first-order valence-corrected chi connectivity index (χ1v) is 9.85. The first kappa shape index (κ1) is 22.5. The Hall–Kier alpha value is -4.14. The van der Waals surface area contributed by atoms with Crippen molar-refractivity contribution < 1.29 is 23.9 Å². The first-order valence-electron chi connectivity index (χ1n) is 9.85. The summed E-state index contributed by atoms with van der Waals surface area (Å²) < 4.78 is 13.5. The number of aromatic nitrogens is 2. The fraction of sp³-hybridized carbons (Fsp3) is 0.217. The molecular formula is C23H23N3O6. The third-order valence-corrected chi connectivity index (χ3v) is 4.87. The summed E-state index contributed by atoms with van der Waals surface area (Å²) in [6.07, 6.45) is -0.558. The number of nitrogens with one attached hydrogen (secondary N) is 1. The van der Waals surface area contributed by atoms with Gasteiger partial charge in [-0.15, -0.1) is 0 Å². The molecule has 1 amide bonds. The number of aldehydes is 1. The van der Waals surface area contributed by atoms with Crippen LogP contribution < -0.4 is 15.6 Å². The van der Waals surface area contributed by atoms with E-state index < -0.39 is 30.1 Å². The average Bonchev–Trinajstić information content (AvgIpc) is 3.01. The molecule has 0 bridgehead atoms. The minimum absolute atomic E-state index is 0.0976. The van der Waals surface area contributed by atoms with Crippen molar-refractivity contribution >= 4 is 23.9 Å². The molecule has 2 aromatic carbocycles. The van der Waals surface area contributed by atoms with Gasteiger partial charge in [0.15, 0.2) is 19.0 Å². The molecule has 9 heteroatoms. The van der Waals surface area contributed by atoms with Gasteiger partial charge < -0.3 is 14.8 Å². The predicted octanol–water partition coefficient (Wildman–Crippen LogP) is 2.25. The molecule has 0 spiro atoms. The van der Waals surface area contributed by atoms with Crippen LogP contribution >= 0.6 is 0 Å². The number of anilines is 1. The van der Waals surface area contributed by atoms with Gasteiger partial charge in [0, 0.05) is 7.05 Å². The molecule has 0 radical (unpaired) electrons. The molecule has 1 heterocycles. The number of carbonyl (C=O) groups is 3. The van der Waals surface area contributed by atoms with Crippen LogP contribution in [0.1, 0.15) is 23.0 Å². The summed E-state index contributed by atoms with van der Waals surface area (Å²) in [6.45, 7) is 2.61. The second kappa shape index (κ2) is 9.78. The third-order valence-electron chi connectivity index (χ3n) is 4.87. The predicted molar refractivity (Wildman–Crippen MR) is 117 cm³/mol. The topological polar surface area (TPSA) is 109 Å². The Bertz CT molecular complexity index is 1200. The molecule has 0 aliphatic carbocycles. The standard InChI is InChI=1S/C23H23N3O6/c1-15-21(23(30)26(25(15)3)18-10-5-4-6-11-18)24-22(29)16(2)32-20(28)14-31-19-12-8-7-9-17(19)13-27/h4-13,16H,14H2,1-3H3,(H,24,29). The Balaban J connectivity index is 1.65. The van der Waals surface area contributed by atoms with Gasteiger partial charge >= 0.3 is 5.97 Å². The third kappa shape index (κ3) is 4.77. The maximum atomic E-state index is 12.9. The number of para-hydroxylation sites is 2. The molecule has 0 aliphatic rings. The summed E-state index contributed by atoms with van der Waals surface area (Å²) in [4.78, 5) is 48.5. The van der Waals surface area contributed by atoms with Crippen molar-refractivity contribution in [3.8, 4) is 11.4 Å². The molecule has 32 heavy (non-hydrogen) atoms. The van der Waals surface area contributed by atoms with Gasteiger partial charge in [0.1, 0.15) is 11.4 Å². The molecular weight excluding hydrogens is 414 g/mol. The molecule has 3 aromatic rings. The second-order valence-electron chi connectivity index (χ2n) is 7.00. The van der Waals surface area contributed by atoms with Gasteiger partial charge in [0.25, 0.3) is 11.5 Å². The van der Waals surface area contributed by atoms with Crippen molar-refractivity contribution in [2.24, 2.45) is 7.05 Å². The minimum Gasteiger partial charge on any atom is -0.481 e. The van der Waals surface area contributed by atoms with Gasteiger partial charge in [-0.05, 0) is 38.1 Å². The van der Waals surface area contributed by atoms with Gasteiger partial charge in [-0.3, -0.25) is 19.1 Å². The number of hydrogen-bond acceptors (Lipinski definition) is 6. The smallest absolute Gasteiger partial charge is 0.344 e. The maximum Gasteiger partial charge on any atom is 0.344 e. The highest BCUT2D eigenvalue weighted by Gasteiger charge is 2.23. The van der Waals surface area contributed by atoms with E-state index in [0.717, 1.165) is 0 Å². The number of hydrogen-bond donors (Lipinski definition) is 1. The van der Waals surface area contributed by atoms with E-state index in [1.54, 1.807) is 67.2 Å². The van der Waals surface area contributed by atoms with Crippen molar-refractivity contribution in [1.29, 1.82) is 0 Å². The second-order valence-corrected chi connectivity index (χ2v) is 7.00. The van der Waals surface area contributed by atoms with Crippen LogP contribution in [0.2, 0.25) is 0 Å². The van der Waals surface area contributed by atoms with Crippen molar-refractivity contribution in [2.45, 2.75) is 20.0 Å². The fourth-order valence-corrected chi connectivity index (χ4v) is 3.07. The Labute approximate surface area is 184 Å². The summed E-state index contributed by atoms with van der Waals surface area (Å²) in [5.74, 6) is -1.21. The zero-order valence-corrected chi connectivity index (χ0v) is 17.9. The fourth-order valence-electron chi connectivity index (χ4n) is 3.07. The zero-order chi connectivity index (χ0) is 23.3. The first-order chi connectivity index (χ1) is 15.3. The summed E-state index contributed by atoms with van der Waals surface area (Å²) in [7, 11) is 1.71.